The Bertz CT molecular complexity index is 653. The predicted octanol–water partition coefficient (Wildman–Crippen LogP) is 2.72. The zero-order valence-electron chi connectivity index (χ0n) is 16.4. The van der Waals surface area contributed by atoms with Gasteiger partial charge in [-0.05, 0) is 49.9 Å². The number of carboxylic acids is 1. The fourth-order valence-corrected chi connectivity index (χ4v) is 3.94. The van der Waals surface area contributed by atoms with Crippen molar-refractivity contribution in [3.05, 3.63) is 29.8 Å². The molecule has 0 saturated carbocycles. The number of unbranched alkanes of at least 4 members (excludes halogenated alkanes) is 4. The van der Waals surface area contributed by atoms with E-state index in [2.05, 4.69) is 4.72 Å². The van der Waals surface area contributed by atoms with Crippen molar-refractivity contribution in [2.24, 2.45) is 5.73 Å². The van der Waals surface area contributed by atoms with Crippen LogP contribution in [0.25, 0.3) is 0 Å². The lowest BCUT2D eigenvalue weighted by molar-refractivity contribution is -0.138. The second kappa shape index (κ2) is 14.6. The average molecular weight is 437 g/mol. The molecule has 28 heavy (non-hydrogen) atoms. The molecule has 162 valence electrons. The minimum Gasteiger partial charge on any atom is -0.494 e. The molecule has 0 aromatic heterocycles. The molecule has 0 aliphatic heterocycles. The molecule has 0 fully saturated rings. The van der Waals surface area contributed by atoms with Gasteiger partial charge in [-0.1, -0.05) is 38.3 Å². The van der Waals surface area contributed by atoms with Gasteiger partial charge in [0.2, 0.25) is 10.0 Å². The number of sulfonamides is 1. The highest BCUT2D eigenvalue weighted by Crippen LogP contribution is 2.15. The molecule has 1 aromatic rings. The van der Waals surface area contributed by atoms with Crippen molar-refractivity contribution in [2.75, 3.05) is 18.9 Å². The third-order valence-corrected chi connectivity index (χ3v) is 5.59. The minimum absolute atomic E-state index is 0. The normalized spacial score (nSPS) is 12.2. The number of benzene rings is 1. The molecule has 0 amide bonds. The van der Waals surface area contributed by atoms with Crippen molar-refractivity contribution in [2.45, 2.75) is 57.9 Å². The highest BCUT2D eigenvalue weighted by molar-refractivity contribution is 7.89. The van der Waals surface area contributed by atoms with Gasteiger partial charge in [0.1, 0.15) is 11.8 Å². The van der Waals surface area contributed by atoms with E-state index in [0.717, 1.165) is 37.7 Å². The van der Waals surface area contributed by atoms with Crippen LogP contribution < -0.4 is 15.2 Å². The van der Waals surface area contributed by atoms with Crippen LogP contribution in [0.5, 0.6) is 5.75 Å². The molecule has 0 radical (unpaired) electrons. The quantitative estimate of drug-likeness (QED) is 0.364. The summed E-state index contributed by atoms with van der Waals surface area (Å²) in [4.78, 5) is 11.4. The third-order valence-electron chi connectivity index (χ3n) is 4.12. The lowest BCUT2D eigenvalue weighted by Gasteiger charge is -2.15. The summed E-state index contributed by atoms with van der Waals surface area (Å²) in [5.74, 6) is -0.536. The van der Waals surface area contributed by atoms with Crippen molar-refractivity contribution in [1.82, 2.24) is 4.72 Å². The number of nitrogens with one attached hydrogen (secondary N) is 1. The summed E-state index contributed by atoms with van der Waals surface area (Å²) in [7, 11) is -3.60. The van der Waals surface area contributed by atoms with E-state index in [1.807, 2.05) is 6.92 Å². The van der Waals surface area contributed by atoms with Crippen LogP contribution in [0.4, 0.5) is 0 Å². The Balaban J connectivity index is 0.00000729. The van der Waals surface area contributed by atoms with Crippen LogP contribution in [0, 0.1) is 0 Å². The van der Waals surface area contributed by atoms with Crippen LogP contribution >= 0.6 is 12.4 Å². The number of carboxylic acid groups (broad SMARTS) is 1. The summed E-state index contributed by atoms with van der Waals surface area (Å²) >= 11 is 0. The maximum Gasteiger partial charge on any atom is 0.322 e. The van der Waals surface area contributed by atoms with Gasteiger partial charge in [-0.25, -0.2) is 13.1 Å². The van der Waals surface area contributed by atoms with E-state index < -0.39 is 22.0 Å². The second-order valence-corrected chi connectivity index (χ2v) is 8.45. The molecule has 0 aliphatic carbocycles. The maximum atomic E-state index is 12.0. The lowest BCUT2D eigenvalue weighted by atomic mass is 10.1. The van der Waals surface area contributed by atoms with Crippen LogP contribution in [0.15, 0.2) is 24.3 Å². The van der Waals surface area contributed by atoms with Crippen molar-refractivity contribution in [1.29, 1.82) is 0 Å². The third kappa shape index (κ3) is 11.5. The summed E-state index contributed by atoms with van der Waals surface area (Å²) in [5.41, 5.74) is 6.18. The smallest absolute Gasteiger partial charge is 0.322 e. The first-order chi connectivity index (χ1) is 12.9. The number of nitrogens with two attached hydrogens (primary N) is 1. The SMILES string of the molecule is CCCCS(=O)(=O)N[C@@H](Cc1ccc(OCCCCCCN)cc1)C(=O)O.Cl. The molecule has 0 bridgehead atoms. The van der Waals surface area contributed by atoms with Crippen molar-refractivity contribution < 1.29 is 23.1 Å². The molecule has 0 aliphatic rings. The number of hydrogen-bond donors (Lipinski definition) is 3. The van der Waals surface area contributed by atoms with Crippen LogP contribution in [0.2, 0.25) is 0 Å². The zero-order valence-corrected chi connectivity index (χ0v) is 18.1. The van der Waals surface area contributed by atoms with Crippen molar-refractivity contribution in [3.8, 4) is 5.75 Å². The molecule has 4 N–H and O–H groups in total. The summed E-state index contributed by atoms with van der Waals surface area (Å²) in [6.45, 7) is 3.22. The molecular weight excluding hydrogens is 404 g/mol. The highest BCUT2D eigenvalue weighted by Gasteiger charge is 2.24. The Morgan fingerprint density at radius 3 is 2.36 bits per heavy atom. The van der Waals surface area contributed by atoms with Gasteiger partial charge in [-0.3, -0.25) is 4.79 Å². The Hall–Kier alpha value is -1.35. The van der Waals surface area contributed by atoms with Crippen LogP contribution in [0.3, 0.4) is 0 Å². The van der Waals surface area contributed by atoms with Gasteiger partial charge in [0, 0.05) is 0 Å². The summed E-state index contributed by atoms with van der Waals surface area (Å²) in [6, 6.07) is 5.90. The molecule has 0 spiro atoms. The first-order valence-corrected chi connectivity index (χ1v) is 11.2. The van der Waals surface area contributed by atoms with Crippen LogP contribution in [-0.2, 0) is 21.2 Å². The molecule has 0 heterocycles. The van der Waals surface area contributed by atoms with Gasteiger partial charge in [-0.2, -0.15) is 0 Å². The number of rotatable bonds is 15. The van der Waals surface area contributed by atoms with E-state index in [0.29, 0.717) is 25.3 Å². The summed E-state index contributed by atoms with van der Waals surface area (Å²) < 4.78 is 31.9. The largest absolute Gasteiger partial charge is 0.494 e. The molecule has 0 saturated heterocycles. The number of aliphatic carboxylic acids is 1. The van der Waals surface area contributed by atoms with Gasteiger partial charge >= 0.3 is 5.97 Å². The van der Waals surface area contributed by atoms with Gasteiger partial charge in [0.15, 0.2) is 0 Å². The average Bonchev–Trinajstić information content (AvgIpc) is 2.63. The fraction of sp³-hybridized carbons (Fsp3) is 0.632. The monoisotopic (exact) mass is 436 g/mol. The lowest BCUT2D eigenvalue weighted by Crippen LogP contribution is -2.43. The van der Waals surface area contributed by atoms with E-state index >= 15 is 0 Å². The summed E-state index contributed by atoms with van der Waals surface area (Å²) in [5, 5.41) is 9.32. The number of hydrogen-bond acceptors (Lipinski definition) is 5. The van der Waals surface area contributed by atoms with E-state index in [1.54, 1.807) is 24.3 Å². The summed E-state index contributed by atoms with van der Waals surface area (Å²) in [6.07, 6.45) is 5.48. The maximum absolute atomic E-state index is 12.0. The number of ether oxygens (including phenoxy) is 1. The van der Waals surface area contributed by atoms with E-state index in [-0.39, 0.29) is 24.6 Å². The van der Waals surface area contributed by atoms with Crippen molar-refractivity contribution in [3.63, 3.8) is 0 Å². The molecular formula is C19H33ClN2O5S. The number of halogens is 1. The van der Waals surface area contributed by atoms with E-state index in [1.165, 1.54) is 0 Å². The number of carbonyl (C=O) groups is 1. The van der Waals surface area contributed by atoms with E-state index in [9.17, 15) is 18.3 Å². The Morgan fingerprint density at radius 2 is 1.79 bits per heavy atom. The van der Waals surface area contributed by atoms with Crippen LogP contribution in [-0.4, -0.2) is 44.4 Å². The zero-order chi connectivity index (χ0) is 20.1. The Morgan fingerprint density at radius 1 is 1.14 bits per heavy atom. The van der Waals surface area contributed by atoms with Crippen molar-refractivity contribution >= 4 is 28.4 Å². The first kappa shape index (κ1) is 26.6. The van der Waals surface area contributed by atoms with Crippen LogP contribution in [0.1, 0.15) is 51.0 Å². The topological polar surface area (TPSA) is 119 Å². The second-order valence-electron chi connectivity index (χ2n) is 6.58. The first-order valence-electron chi connectivity index (χ1n) is 9.52. The van der Waals surface area contributed by atoms with Gasteiger partial charge < -0.3 is 15.6 Å². The fourth-order valence-electron chi connectivity index (χ4n) is 2.54. The van der Waals surface area contributed by atoms with Gasteiger partial charge in [-0.15, -0.1) is 12.4 Å². The molecule has 1 rings (SSSR count). The van der Waals surface area contributed by atoms with Gasteiger partial charge in [0.05, 0.1) is 12.4 Å². The Kier molecular flexibility index (Phi) is 13.9. The predicted molar refractivity (Wildman–Crippen MR) is 114 cm³/mol. The molecule has 7 nitrogen and oxygen atoms in total. The molecule has 1 aromatic carbocycles. The minimum atomic E-state index is -3.60. The van der Waals surface area contributed by atoms with E-state index in [4.69, 9.17) is 10.5 Å². The Labute approximate surface area is 174 Å². The molecule has 9 heteroatoms. The molecule has 1 atom stereocenters. The highest BCUT2D eigenvalue weighted by atomic mass is 35.5. The standard InChI is InChI=1S/C19H32N2O5S.ClH/c1-2-3-14-27(24,25)21-18(19(22)23)15-16-8-10-17(11-9-16)26-13-7-5-4-6-12-20;/h8-11,18,21H,2-7,12-15,20H2,1H3,(H,22,23);1H/t18-;/m0./s1. The molecule has 0 unspecified atom stereocenters. The van der Waals surface area contributed by atoms with Gasteiger partial charge in [0.25, 0.3) is 0 Å².